The SMILES string of the molecule is CC1CN(C(=O)c2cnc(Cl)c(Cl)c2)CCS1. The lowest BCUT2D eigenvalue weighted by atomic mass is 10.2. The maximum atomic E-state index is 12.2. The molecule has 17 heavy (non-hydrogen) atoms. The highest BCUT2D eigenvalue weighted by Gasteiger charge is 2.22. The van der Waals surface area contributed by atoms with Gasteiger partial charge in [-0.1, -0.05) is 30.1 Å². The Morgan fingerprint density at radius 3 is 3.00 bits per heavy atom. The van der Waals surface area contributed by atoms with Crippen LogP contribution in [0.5, 0.6) is 0 Å². The fourth-order valence-corrected chi connectivity index (χ4v) is 3.01. The number of aromatic nitrogens is 1. The van der Waals surface area contributed by atoms with Crippen molar-refractivity contribution in [3.8, 4) is 0 Å². The second-order valence-electron chi connectivity index (χ2n) is 3.93. The van der Waals surface area contributed by atoms with Crippen LogP contribution in [-0.2, 0) is 0 Å². The Bertz CT molecular complexity index is 441. The summed E-state index contributed by atoms with van der Waals surface area (Å²) in [6.07, 6.45) is 1.48. The third-order valence-electron chi connectivity index (χ3n) is 2.57. The summed E-state index contributed by atoms with van der Waals surface area (Å²) in [4.78, 5) is 17.9. The second-order valence-corrected chi connectivity index (χ2v) is 6.24. The number of nitrogens with zero attached hydrogens (tertiary/aromatic N) is 2. The topological polar surface area (TPSA) is 33.2 Å². The second kappa shape index (κ2) is 5.46. The molecule has 1 unspecified atom stereocenters. The molecule has 2 rings (SSSR count). The van der Waals surface area contributed by atoms with Crippen molar-refractivity contribution in [3.05, 3.63) is 28.0 Å². The molecular weight excluding hydrogens is 279 g/mol. The molecule has 0 N–H and O–H groups in total. The highest BCUT2D eigenvalue weighted by Crippen LogP contribution is 2.23. The third kappa shape index (κ3) is 3.06. The Kier molecular flexibility index (Phi) is 4.17. The number of hydrogen-bond donors (Lipinski definition) is 0. The van der Waals surface area contributed by atoms with Crippen molar-refractivity contribution in [3.63, 3.8) is 0 Å². The predicted molar refractivity (Wildman–Crippen MR) is 72.1 cm³/mol. The number of amides is 1. The van der Waals surface area contributed by atoms with Crippen molar-refractivity contribution in [2.75, 3.05) is 18.8 Å². The van der Waals surface area contributed by atoms with E-state index in [-0.39, 0.29) is 11.1 Å². The number of hydrogen-bond acceptors (Lipinski definition) is 3. The molecule has 1 aromatic rings. The molecule has 0 aliphatic carbocycles. The van der Waals surface area contributed by atoms with E-state index < -0.39 is 0 Å². The molecule has 1 aliphatic rings. The summed E-state index contributed by atoms with van der Waals surface area (Å²) in [6.45, 7) is 3.66. The Balaban J connectivity index is 2.15. The van der Waals surface area contributed by atoms with Crippen molar-refractivity contribution >= 4 is 40.9 Å². The van der Waals surface area contributed by atoms with Crippen molar-refractivity contribution in [1.82, 2.24) is 9.88 Å². The lowest BCUT2D eigenvalue weighted by Gasteiger charge is -2.30. The summed E-state index contributed by atoms with van der Waals surface area (Å²) in [5.74, 6) is 0.949. The molecule has 1 aromatic heterocycles. The van der Waals surface area contributed by atoms with Gasteiger partial charge in [-0.15, -0.1) is 0 Å². The van der Waals surface area contributed by atoms with E-state index >= 15 is 0 Å². The molecule has 1 saturated heterocycles. The molecule has 1 fully saturated rings. The first-order valence-corrected chi connectivity index (χ1v) is 7.10. The van der Waals surface area contributed by atoms with E-state index in [1.807, 2.05) is 16.7 Å². The molecule has 2 heterocycles. The Hall–Kier alpha value is -0.450. The van der Waals surface area contributed by atoms with E-state index in [1.165, 1.54) is 6.20 Å². The Morgan fingerprint density at radius 2 is 2.35 bits per heavy atom. The van der Waals surface area contributed by atoms with Crippen LogP contribution >= 0.6 is 35.0 Å². The van der Waals surface area contributed by atoms with Gasteiger partial charge < -0.3 is 4.90 Å². The zero-order valence-electron chi connectivity index (χ0n) is 9.32. The number of carbonyl (C=O) groups excluding carboxylic acids is 1. The predicted octanol–water partition coefficient (Wildman–Crippen LogP) is 2.97. The van der Waals surface area contributed by atoms with Crippen molar-refractivity contribution in [2.45, 2.75) is 12.2 Å². The summed E-state index contributed by atoms with van der Waals surface area (Å²) in [5, 5.41) is 1.02. The van der Waals surface area contributed by atoms with Crippen LogP contribution in [0, 0.1) is 0 Å². The van der Waals surface area contributed by atoms with Crippen LogP contribution in [0.25, 0.3) is 0 Å². The summed E-state index contributed by atoms with van der Waals surface area (Å²) in [5.41, 5.74) is 0.499. The average molecular weight is 291 g/mol. The van der Waals surface area contributed by atoms with Crippen LogP contribution in [0.1, 0.15) is 17.3 Å². The molecular formula is C11H12Cl2N2OS. The first-order valence-electron chi connectivity index (χ1n) is 5.30. The molecule has 1 aliphatic heterocycles. The monoisotopic (exact) mass is 290 g/mol. The molecule has 0 bridgehead atoms. The van der Waals surface area contributed by atoms with Gasteiger partial charge in [0, 0.05) is 30.3 Å². The number of halogens is 2. The fourth-order valence-electron chi connectivity index (χ4n) is 1.72. The summed E-state index contributed by atoms with van der Waals surface area (Å²) < 4.78 is 0. The van der Waals surface area contributed by atoms with Gasteiger partial charge in [0.25, 0.3) is 5.91 Å². The van der Waals surface area contributed by atoms with E-state index in [1.54, 1.807) is 6.07 Å². The lowest BCUT2D eigenvalue weighted by molar-refractivity contribution is 0.0762. The van der Waals surface area contributed by atoms with Crippen LogP contribution in [0.15, 0.2) is 12.3 Å². The maximum absolute atomic E-state index is 12.2. The Morgan fingerprint density at radius 1 is 1.59 bits per heavy atom. The zero-order chi connectivity index (χ0) is 12.4. The van der Waals surface area contributed by atoms with E-state index in [0.29, 0.717) is 15.8 Å². The minimum absolute atomic E-state index is 0.0248. The van der Waals surface area contributed by atoms with Crippen molar-refractivity contribution in [1.29, 1.82) is 0 Å². The summed E-state index contributed by atoms with van der Waals surface area (Å²) in [7, 11) is 0. The third-order valence-corrected chi connectivity index (χ3v) is 4.39. The highest BCUT2D eigenvalue weighted by molar-refractivity contribution is 7.99. The number of carbonyl (C=O) groups is 1. The van der Waals surface area contributed by atoms with Gasteiger partial charge in [-0.05, 0) is 6.07 Å². The van der Waals surface area contributed by atoms with E-state index in [4.69, 9.17) is 23.2 Å². The molecule has 1 amide bonds. The number of thioether (sulfide) groups is 1. The van der Waals surface area contributed by atoms with Crippen LogP contribution < -0.4 is 0 Å². The van der Waals surface area contributed by atoms with Gasteiger partial charge in [0.15, 0.2) is 0 Å². The smallest absolute Gasteiger partial charge is 0.255 e. The van der Waals surface area contributed by atoms with Gasteiger partial charge in [-0.3, -0.25) is 4.79 Å². The molecule has 0 radical (unpaired) electrons. The van der Waals surface area contributed by atoms with Gasteiger partial charge in [-0.25, -0.2) is 4.98 Å². The molecule has 1 atom stereocenters. The van der Waals surface area contributed by atoms with Gasteiger partial charge in [-0.2, -0.15) is 11.8 Å². The molecule has 3 nitrogen and oxygen atoms in total. The van der Waals surface area contributed by atoms with Crippen LogP contribution in [0.3, 0.4) is 0 Å². The maximum Gasteiger partial charge on any atom is 0.255 e. The van der Waals surface area contributed by atoms with Crippen LogP contribution in [0.4, 0.5) is 0 Å². The summed E-state index contributed by atoms with van der Waals surface area (Å²) in [6, 6.07) is 1.58. The van der Waals surface area contributed by atoms with Gasteiger partial charge in [0.1, 0.15) is 5.15 Å². The quantitative estimate of drug-likeness (QED) is 0.746. The van der Waals surface area contributed by atoms with Gasteiger partial charge in [0.05, 0.1) is 10.6 Å². The first-order chi connectivity index (χ1) is 8.08. The van der Waals surface area contributed by atoms with Gasteiger partial charge >= 0.3 is 0 Å². The van der Waals surface area contributed by atoms with Gasteiger partial charge in [0.2, 0.25) is 0 Å². The van der Waals surface area contributed by atoms with Crippen molar-refractivity contribution < 1.29 is 4.79 Å². The fraction of sp³-hybridized carbons (Fsp3) is 0.455. The molecule has 0 spiro atoms. The van der Waals surface area contributed by atoms with E-state index in [2.05, 4.69) is 11.9 Å². The zero-order valence-corrected chi connectivity index (χ0v) is 11.6. The number of pyridine rings is 1. The molecule has 6 heteroatoms. The van der Waals surface area contributed by atoms with E-state index in [0.717, 1.165) is 18.8 Å². The average Bonchev–Trinajstić information content (AvgIpc) is 2.32. The normalized spacial score (nSPS) is 20.4. The Labute approximate surface area is 114 Å². The lowest BCUT2D eigenvalue weighted by Crippen LogP contribution is -2.41. The van der Waals surface area contributed by atoms with Crippen LogP contribution in [-0.4, -0.2) is 39.9 Å². The highest BCUT2D eigenvalue weighted by atomic mass is 35.5. The minimum atomic E-state index is -0.0248. The first kappa shape index (κ1) is 13.0. The molecule has 0 saturated carbocycles. The summed E-state index contributed by atoms with van der Waals surface area (Å²) >= 11 is 13.5. The minimum Gasteiger partial charge on any atom is -0.337 e. The van der Waals surface area contributed by atoms with Crippen molar-refractivity contribution in [2.24, 2.45) is 0 Å². The number of rotatable bonds is 1. The largest absolute Gasteiger partial charge is 0.337 e. The molecule has 0 aromatic carbocycles. The molecule has 92 valence electrons. The van der Waals surface area contributed by atoms with Crippen LogP contribution in [0.2, 0.25) is 10.2 Å². The van der Waals surface area contributed by atoms with E-state index in [9.17, 15) is 4.79 Å². The standard InChI is InChI=1S/C11H12Cl2N2OS/c1-7-6-15(2-3-17-7)11(16)8-4-9(12)10(13)14-5-8/h4-5,7H,2-3,6H2,1H3.